The molecule has 5 heteroatoms. The Morgan fingerprint density at radius 2 is 2.05 bits per heavy atom. The van der Waals surface area contributed by atoms with E-state index in [-0.39, 0.29) is 11.7 Å². The van der Waals surface area contributed by atoms with Crippen molar-refractivity contribution in [1.82, 2.24) is 15.3 Å². The molecule has 3 rings (SSSR count). The first kappa shape index (κ1) is 13.2. The summed E-state index contributed by atoms with van der Waals surface area (Å²) in [6.45, 7) is 0.480. The fraction of sp³-hybridized carbons (Fsp3) is 0.125. The van der Waals surface area contributed by atoms with Gasteiger partial charge in [0.2, 0.25) is 0 Å². The van der Waals surface area contributed by atoms with E-state index in [1.807, 2.05) is 24.3 Å². The van der Waals surface area contributed by atoms with Crippen molar-refractivity contribution < 1.29 is 9.90 Å². The molecule has 106 valence electrons. The van der Waals surface area contributed by atoms with Gasteiger partial charge in [0.1, 0.15) is 11.6 Å². The van der Waals surface area contributed by atoms with Gasteiger partial charge < -0.3 is 15.4 Å². The van der Waals surface area contributed by atoms with Crippen molar-refractivity contribution in [2.75, 3.05) is 6.54 Å². The number of para-hydroxylation sites is 2. The summed E-state index contributed by atoms with van der Waals surface area (Å²) in [7, 11) is 0. The van der Waals surface area contributed by atoms with Gasteiger partial charge in [0.25, 0.3) is 5.91 Å². The maximum atomic E-state index is 11.9. The second-order valence-electron chi connectivity index (χ2n) is 4.76. The van der Waals surface area contributed by atoms with Gasteiger partial charge in [-0.2, -0.15) is 0 Å². The lowest BCUT2D eigenvalue weighted by Gasteiger charge is -2.04. The number of hydrogen-bond donors (Lipinski definition) is 3. The van der Waals surface area contributed by atoms with Crippen LogP contribution in [0, 0.1) is 0 Å². The molecule has 0 atom stereocenters. The average molecular weight is 281 g/mol. The first-order valence-electron chi connectivity index (χ1n) is 6.73. The Morgan fingerprint density at radius 1 is 1.19 bits per heavy atom. The van der Waals surface area contributed by atoms with Crippen molar-refractivity contribution in [2.45, 2.75) is 6.42 Å². The topological polar surface area (TPSA) is 78.0 Å². The Labute approximate surface area is 121 Å². The summed E-state index contributed by atoms with van der Waals surface area (Å²) >= 11 is 0. The van der Waals surface area contributed by atoms with Gasteiger partial charge in [-0.15, -0.1) is 0 Å². The van der Waals surface area contributed by atoms with Crippen molar-refractivity contribution in [3.05, 3.63) is 59.9 Å². The molecule has 0 unspecified atom stereocenters. The first-order chi connectivity index (χ1) is 10.2. The average Bonchev–Trinajstić information content (AvgIpc) is 2.89. The SMILES string of the molecule is O=C(NCCc1nc2ccccc2[nH]1)c1cccc(O)c1. The van der Waals surface area contributed by atoms with Crippen LogP contribution in [0.25, 0.3) is 11.0 Å². The molecule has 0 fully saturated rings. The van der Waals surface area contributed by atoms with Gasteiger partial charge in [0.05, 0.1) is 11.0 Å². The molecule has 0 saturated heterocycles. The van der Waals surface area contributed by atoms with E-state index in [9.17, 15) is 9.90 Å². The van der Waals surface area contributed by atoms with Crippen LogP contribution < -0.4 is 5.32 Å². The van der Waals surface area contributed by atoms with Crippen LogP contribution in [0.2, 0.25) is 0 Å². The van der Waals surface area contributed by atoms with E-state index < -0.39 is 0 Å². The summed E-state index contributed by atoms with van der Waals surface area (Å²) in [5, 5.41) is 12.2. The van der Waals surface area contributed by atoms with Crippen molar-refractivity contribution in [3.63, 3.8) is 0 Å². The summed E-state index contributed by atoms with van der Waals surface area (Å²) in [4.78, 5) is 19.6. The molecule has 0 spiro atoms. The minimum atomic E-state index is -0.206. The van der Waals surface area contributed by atoms with Crippen molar-refractivity contribution in [1.29, 1.82) is 0 Å². The van der Waals surface area contributed by atoms with Crippen LogP contribution in [0.4, 0.5) is 0 Å². The van der Waals surface area contributed by atoms with Gasteiger partial charge in [-0.05, 0) is 30.3 Å². The largest absolute Gasteiger partial charge is 0.508 e. The molecule has 0 aliphatic rings. The van der Waals surface area contributed by atoms with Crippen molar-refractivity contribution in [3.8, 4) is 5.75 Å². The number of carbonyl (C=O) groups excluding carboxylic acids is 1. The first-order valence-corrected chi connectivity index (χ1v) is 6.73. The highest BCUT2D eigenvalue weighted by atomic mass is 16.3. The predicted octanol–water partition coefficient (Wildman–Crippen LogP) is 2.24. The number of nitrogens with one attached hydrogen (secondary N) is 2. The number of benzene rings is 2. The summed E-state index contributed by atoms with van der Waals surface area (Å²) in [5.74, 6) is 0.717. The molecule has 0 aliphatic heterocycles. The smallest absolute Gasteiger partial charge is 0.251 e. The molecule has 0 bridgehead atoms. The molecular weight excluding hydrogens is 266 g/mol. The zero-order valence-corrected chi connectivity index (χ0v) is 11.3. The van der Waals surface area contributed by atoms with Crippen LogP contribution in [-0.4, -0.2) is 27.5 Å². The minimum absolute atomic E-state index is 0.0833. The third-order valence-corrected chi connectivity index (χ3v) is 3.19. The predicted molar refractivity (Wildman–Crippen MR) is 80.2 cm³/mol. The van der Waals surface area contributed by atoms with Gasteiger partial charge >= 0.3 is 0 Å². The molecule has 21 heavy (non-hydrogen) atoms. The maximum Gasteiger partial charge on any atom is 0.251 e. The molecule has 3 N–H and O–H groups in total. The Morgan fingerprint density at radius 3 is 2.86 bits per heavy atom. The highest BCUT2D eigenvalue weighted by molar-refractivity contribution is 5.94. The molecule has 0 radical (unpaired) electrons. The van der Waals surface area contributed by atoms with Crippen LogP contribution >= 0.6 is 0 Å². The van der Waals surface area contributed by atoms with E-state index in [0.29, 0.717) is 18.5 Å². The summed E-state index contributed by atoms with van der Waals surface area (Å²) < 4.78 is 0. The van der Waals surface area contributed by atoms with E-state index in [1.54, 1.807) is 12.1 Å². The molecule has 1 heterocycles. The standard InChI is InChI=1S/C16H15N3O2/c20-12-5-3-4-11(10-12)16(21)17-9-8-15-18-13-6-1-2-7-14(13)19-15/h1-7,10,20H,8-9H2,(H,17,21)(H,18,19). The molecule has 1 aromatic heterocycles. The zero-order chi connectivity index (χ0) is 14.7. The van der Waals surface area contributed by atoms with Crippen molar-refractivity contribution >= 4 is 16.9 Å². The van der Waals surface area contributed by atoms with Crippen LogP contribution in [0.1, 0.15) is 16.2 Å². The van der Waals surface area contributed by atoms with Gasteiger partial charge in [0, 0.05) is 18.5 Å². The van der Waals surface area contributed by atoms with E-state index in [2.05, 4.69) is 15.3 Å². The third kappa shape index (κ3) is 3.02. The van der Waals surface area contributed by atoms with Crippen LogP contribution in [0.3, 0.4) is 0 Å². The number of carbonyl (C=O) groups is 1. The molecule has 0 aliphatic carbocycles. The van der Waals surface area contributed by atoms with Crippen LogP contribution in [0.5, 0.6) is 5.75 Å². The van der Waals surface area contributed by atoms with E-state index in [1.165, 1.54) is 12.1 Å². The zero-order valence-electron chi connectivity index (χ0n) is 11.3. The Bertz CT molecular complexity index is 747. The fourth-order valence-electron chi connectivity index (χ4n) is 2.17. The summed E-state index contributed by atoms with van der Waals surface area (Å²) in [6.07, 6.45) is 0.624. The number of rotatable bonds is 4. The third-order valence-electron chi connectivity index (χ3n) is 3.19. The monoisotopic (exact) mass is 281 g/mol. The van der Waals surface area contributed by atoms with Crippen molar-refractivity contribution in [2.24, 2.45) is 0 Å². The number of H-pyrrole nitrogens is 1. The summed E-state index contributed by atoms with van der Waals surface area (Å²) in [5.41, 5.74) is 2.36. The Kier molecular flexibility index (Phi) is 3.55. The quantitative estimate of drug-likeness (QED) is 0.686. The van der Waals surface area contributed by atoms with Crippen LogP contribution in [-0.2, 0) is 6.42 Å². The number of amides is 1. The second kappa shape index (κ2) is 5.66. The normalized spacial score (nSPS) is 10.7. The Balaban J connectivity index is 1.59. The number of hydrogen-bond acceptors (Lipinski definition) is 3. The van der Waals surface area contributed by atoms with E-state index in [4.69, 9.17) is 0 Å². The Hall–Kier alpha value is -2.82. The number of imidazole rings is 1. The molecule has 2 aromatic carbocycles. The summed E-state index contributed by atoms with van der Waals surface area (Å²) in [6, 6.07) is 14.1. The number of fused-ring (bicyclic) bond motifs is 1. The van der Waals surface area contributed by atoms with Crippen LogP contribution in [0.15, 0.2) is 48.5 Å². The lowest BCUT2D eigenvalue weighted by molar-refractivity contribution is 0.0953. The molecule has 5 nitrogen and oxygen atoms in total. The highest BCUT2D eigenvalue weighted by Gasteiger charge is 2.06. The van der Waals surface area contributed by atoms with Gasteiger partial charge in [-0.25, -0.2) is 4.98 Å². The number of aromatic hydroxyl groups is 1. The maximum absolute atomic E-state index is 11.9. The number of aromatic amines is 1. The minimum Gasteiger partial charge on any atom is -0.508 e. The lowest BCUT2D eigenvalue weighted by atomic mass is 10.2. The number of phenolic OH excluding ortho intramolecular Hbond substituents is 1. The second-order valence-corrected chi connectivity index (χ2v) is 4.76. The number of phenols is 1. The molecule has 0 saturated carbocycles. The molecule has 1 amide bonds. The molecular formula is C16H15N3O2. The number of nitrogens with zero attached hydrogens (tertiary/aromatic N) is 1. The van der Waals surface area contributed by atoms with Gasteiger partial charge in [0.15, 0.2) is 0 Å². The van der Waals surface area contributed by atoms with Gasteiger partial charge in [-0.1, -0.05) is 18.2 Å². The van der Waals surface area contributed by atoms with E-state index >= 15 is 0 Å². The lowest BCUT2D eigenvalue weighted by Crippen LogP contribution is -2.25. The number of aromatic nitrogens is 2. The van der Waals surface area contributed by atoms with E-state index in [0.717, 1.165) is 16.9 Å². The molecule has 3 aromatic rings. The van der Waals surface area contributed by atoms with Gasteiger partial charge in [-0.3, -0.25) is 4.79 Å². The fourth-order valence-corrected chi connectivity index (χ4v) is 2.17. The highest BCUT2D eigenvalue weighted by Crippen LogP contribution is 2.11.